The number of sulfonamides is 1. The molecule has 2 aromatic rings. The van der Waals surface area contributed by atoms with E-state index in [4.69, 9.17) is 0 Å². The van der Waals surface area contributed by atoms with E-state index in [0.29, 0.717) is 10.9 Å². The van der Waals surface area contributed by atoms with Gasteiger partial charge in [-0.3, -0.25) is 9.10 Å². The third-order valence-corrected chi connectivity index (χ3v) is 4.97. The third kappa shape index (κ3) is 4.49. The summed E-state index contributed by atoms with van der Waals surface area (Å²) in [4.78, 5) is 12.3. The molecule has 0 fully saturated rings. The van der Waals surface area contributed by atoms with Gasteiger partial charge in [0.1, 0.15) is 11.6 Å². The smallest absolute Gasteiger partial charge is 0.261 e. The summed E-state index contributed by atoms with van der Waals surface area (Å²) < 4.78 is 51.2. The first-order valence-electron chi connectivity index (χ1n) is 6.53. The van der Waals surface area contributed by atoms with Gasteiger partial charge >= 0.3 is 0 Å². The lowest BCUT2D eigenvalue weighted by molar-refractivity contribution is 0.0959. The van der Waals surface area contributed by atoms with Crippen LogP contribution < -0.4 is 9.62 Å². The van der Waals surface area contributed by atoms with E-state index in [9.17, 15) is 22.0 Å². The van der Waals surface area contributed by atoms with Crippen molar-refractivity contribution in [3.05, 3.63) is 52.2 Å². The number of benzene rings is 1. The van der Waals surface area contributed by atoms with Crippen molar-refractivity contribution in [2.45, 2.75) is 0 Å². The van der Waals surface area contributed by atoms with Crippen LogP contribution in [0.2, 0.25) is 0 Å². The molecule has 1 aromatic heterocycles. The number of nitrogens with zero attached hydrogens (tertiary/aromatic N) is 1. The van der Waals surface area contributed by atoms with E-state index in [-0.39, 0.29) is 24.7 Å². The number of carbonyl (C=O) groups is 1. The van der Waals surface area contributed by atoms with Gasteiger partial charge in [0, 0.05) is 12.6 Å². The molecule has 0 atom stereocenters. The summed E-state index contributed by atoms with van der Waals surface area (Å²) in [5, 5.41) is 4.30. The summed E-state index contributed by atoms with van der Waals surface area (Å²) in [6, 6.07) is 5.98. The minimum atomic E-state index is -3.78. The van der Waals surface area contributed by atoms with Crippen LogP contribution >= 0.6 is 11.3 Å². The summed E-state index contributed by atoms with van der Waals surface area (Å²) in [6.07, 6.45) is 0.914. The largest absolute Gasteiger partial charge is 0.350 e. The van der Waals surface area contributed by atoms with Crippen molar-refractivity contribution < 1.29 is 22.0 Å². The van der Waals surface area contributed by atoms with Gasteiger partial charge in [0.2, 0.25) is 10.0 Å². The standard InChI is InChI=1S/C14H14F2N2O3S2/c1-23(20,21)18(12-5-4-10(15)9-11(12)16)7-6-17-14(19)13-3-2-8-22-13/h2-5,8-9H,6-7H2,1H3,(H,17,19). The summed E-state index contributed by atoms with van der Waals surface area (Å²) in [6.45, 7) is -0.181. The topological polar surface area (TPSA) is 66.5 Å². The zero-order valence-corrected chi connectivity index (χ0v) is 13.8. The minimum Gasteiger partial charge on any atom is -0.350 e. The lowest BCUT2D eigenvalue weighted by atomic mass is 10.3. The van der Waals surface area contributed by atoms with Gasteiger partial charge in [-0.25, -0.2) is 17.2 Å². The molecule has 9 heteroatoms. The molecule has 124 valence electrons. The number of hydrogen-bond acceptors (Lipinski definition) is 4. The Kier molecular flexibility index (Phi) is 5.32. The Morgan fingerprint density at radius 3 is 2.61 bits per heavy atom. The molecular formula is C14H14F2N2O3S2. The van der Waals surface area contributed by atoms with Crippen molar-refractivity contribution >= 4 is 33.0 Å². The van der Waals surface area contributed by atoms with Crippen LogP contribution in [0.1, 0.15) is 9.67 Å². The minimum absolute atomic E-state index is 0.0133. The van der Waals surface area contributed by atoms with Gasteiger partial charge in [0.25, 0.3) is 5.91 Å². The van der Waals surface area contributed by atoms with Gasteiger partial charge in [-0.1, -0.05) is 6.07 Å². The first kappa shape index (κ1) is 17.4. The molecule has 1 N–H and O–H groups in total. The van der Waals surface area contributed by atoms with Crippen LogP contribution in [-0.4, -0.2) is 33.7 Å². The normalized spacial score (nSPS) is 11.3. The van der Waals surface area contributed by atoms with E-state index in [1.807, 2.05) is 0 Å². The number of amides is 1. The van der Waals surface area contributed by atoms with E-state index in [0.717, 1.165) is 22.7 Å². The maximum absolute atomic E-state index is 13.8. The first-order chi connectivity index (χ1) is 10.8. The summed E-state index contributed by atoms with van der Waals surface area (Å²) >= 11 is 1.25. The molecule has 2 rings (SSSR count). The van der Waals surface area contributed by atoms with Gasteiger partial charge in [0.15, 0.2) is 0 Å². The molecule has 0 radical (unpaired) electrons. The molecule has 0 saturated carbocycles. The van der Waals surface area contributed by atoms with Crippen LogP contribution in [0, 0.1) is 11.6 Å². The van der Waals surface area contributed by atoms with Gasteiger partial charge in [-0.15, -0.1) is 11.3 Å². The SMILES string of the molecule is CS(=O)(=O)N(CCNC(=O)c1cccs1)c1ccc(F)cc1F. The Bertz CT molecular complexity index is 792. The highest BCUT2D eigenvalue weighted by molar-refractivity contribution is 7.92. The van der Waals surface area contributed by atoms with E-state index in [2.05, 4.69) is 5.32 Å². The van der Waals surface area contributed by atoms with Crippen LogP contribution in [-0.2, 0) is 10.0 Å². The molecule has 0 bridgehead atoms. The fraction of sp³-hybridized carbons (Fsp3) is 0.214. The molecule has 23 heavy (non-hydrogen) atoms. The highest BCUT2D eigenvalue weighted by Crippen LogP contribution is 2.22. The van der Waals surface area contributed by atoms with Crippen LogP contribution in [0.5, 0.6) is 0 Å². The monoisotopic (exact) mass is 360 g/mol. The average Bonchev–Trinajstić information content (AvgIpc) is 2.97. The molecule has 0 spiro atoms. The zero-order valence-electron chi connectivity index (χ0n) is 12.1. The van der Waals surface area contributed by atoms with Gasteiger partial charge in [-0.05, 0) is 23.6 Å². The van der Waals surface area contributed by atoms with E-state index >= 15 is 0 Å². The lowest BCUT2D eigenvalue weighted by Gasteiger charge is -2.23. The first-order valence-corrected chi connectivity index (χ1v) is 9.26. The number of nitrogens with one attached hydrogen (secondary N) is 1. The average molecular weight is 360 g/mol. The van der Waals surface area contributed by atoms with Crippen LogP contribution in [0.4, 0.5) is 14.5 Å². The van der Waals surface area contributed by atoms with Crippen LogP contribution in [0.3, 0.4) is 0 Å². The quantitative estimate of drug-likeness (QED) is 0.859. The molecular weight excluding hydrogens is 346 g/mol. The van der Waals surface area contributed by atoms with E-state index in [1.165, 1.54) is 11.3 Å². The summed E-state index contributed by atoms with van der Waals surface area (Å²) in [5.74, 6) is -2.13. The Hall–Kier alpha value is -2.00. The molecule has 5 nitrogen and oxygen atoms in total. The Balaban J connectivity index is 2.10. The number of hydrogen-bond donors (Lipinski definition) is 1. The predicted molar refractivity (Wildman–Crippen MR) is 85.2 cm³/mol. The molecule has 0 aliphatic carbocycles. The number of anilines is 1. The van der Waals surface area contributed by atoms with Crippen molar-refractivity contribution in [1.82, 2.24) is 5.32 Å². The van der Waals surface area contributed by atoms with E-state index < -0.39 is 21.7 Å². The van der Waals surface area contributed by atoms with Gasteiger partial charge in [-0.2, -0.15) is 0 Å². The number of rotatable bonds is 6. The number of thiophene rings is 1. The highest BCUT2D eigenvalue weighted by Gasteiger charge is 2.21. The Labute approximate surface area is 136 Å². The second-order valence-electron chi connectivity index (χ2n) is 4.66. The van der Waals surface area contributed by atoms with Gasteiger partial charge < -0.3 is 5.32 Å². The predicted octanol–water partition coefficient (Wildman–Crippen LogP) is 2.22. The fourth-order valence-electron chi connectivity index (χ4n) is 1.91. The second kappa shape index (κ2) is 7.05. The Morgan fingerprint density at radius 1 is 1.30 bits per heavy atom. The van der Waals surface area contributed by atoms with Crippen molar-refractivity contribution in [2.24, 2.45) is 0 Å². The second-order valence-corrected chi connectivity index (χ2v) is 7.52. The number of halogens is 2. The molecule has 0 aliphatic rings. The molecule has 1 aromatic carbocycles. The van der Waals surface area contributed by atoms with Crippen molar-refractivity contribution in [3.8, 4) is 0 Å². The fourth-order valence-corrected chi connectivity index (χ4v) is 3.48. The van der Waals surface area contributed by atoms with E-state index in [1.54, 1.807) is 17.5 Å². The number of carbonyl (C=O) groups excluding carboxylic acids is 1. The van der Waals surface area contributed by atoms with Gasteiger partial charge in [0.05, 0.1) is 23.4 Å². The van der Waals surface area contributed by atoms with Crippen molar-refractivity contribution in [2.75, 3.05) is 23.7 Å². The Morgan fingerprint density at radius 2 is 2.04 bits per heavy atom. The molecule has 0 aliphatic heterocycles. The van der Waals surface area contributed by atoms with Crippen LogP contribution in [0.25, 0.3) is 0 Å². The molecule has 1 amide bonds. The molecule has 1 heterocycles. The molecule has 0 unspecified atom stereocenters. The summed E-state index contributed by atoms with van der Waals surface area (Å²) in [5.41, 5.74) is -0.265. The van der Waals surface area contributed by atoms with Crippen molar-refractivity contribution in [1.29, 1.82) is 0 Å². The maximum atomic E-state index is 13.8. The molecule has 0 saturated heterocycles. The van der Waals surface area contributed by atoms with Crippen molar-refractivity contribution in [3.63, 3.8) is 0 Å². The highest BCUT2D eigenvalue weighted by atomic mass is 32.2. The third-order valence-electron chi connectivity index (χ3n) is 2.92. The van der Waals surface area contributed by atoms with Crippen LogP contribution in [0.15, 0.2) is 35.7 Å². The zero-order chi connectivity index (χ0) is 17.0. The lowest BCUT2D eigenvalue weighted by Crippen LogP contribution is -2.38. The summed E-state index contributed by atoms with van der Waals surface area (Å²) in [7, 11) is -3.78. The maximum Gasteiger partial charge on any atom is 0.261 e.